The third kappa shape index (κ3) is 3.00. The van der Waals surface area contributed by atoms with Gasteiger partial charge in [0.2, 0.25) is 5.91 Å². The average Bonchev–Trinajstić information content (AvgIpc) is 2.87. The minimum atomic E-state index is -0.0433. The van der Waals surface area contributed by atoms with Gasteiger partial charge >= 0.3 is 0 Å². The summed E-state index contributed by atoms with van der Waals surface area (Å²) in [6, 6.07) is 7.94. The lowest BCUT2D eigenvalue weighted by Gasteiger charge is -2.42. The van der Waals surface area contributed by atoms with Crippen molar-refractivity contribution >= 4 is 17.5 Å². The van der Waals surface area contributed by atoms with Crippen molar-refractivity contribution in [1.29, 1.82) is 0 Å². The molecule has 0 bridgehead atoms. The summed E-state index contributed by atoms with van der Waals surface area (Å²) in [5.41, 5.74) is 1.19. The molecular weight excluding hydrogens is 300 g/mol. The first-order valence-electron chi connectivity index (χ1n) is 7.85. The van der Waals surface area contributed by atoms with E-state index >= 15 is 0 Å². The van der Waals surface area contributed by atoms with Crippen LogP contribution in [0.4, 0.5) is 0 Å². The fourth-order valence-corrected chi connectivity index (χ4v) is 4.03. The van der Waals surface area contributed by atoms with Gasteiger partial charge in [-0.1, -0.05) is 23.7 Å². The number of benzene rings is 1. The molecule has 0 aliphatic carbocycles. The number of likely N-dealkylation sites (tertiary alicyclic amines) is 2. The van der Waals surface area contributed by atoms with Crippen molar-refractivity contribution < 1.29 is 9.90 Å². The van der Waals surface area contributed by atoms with E-state index in [1.165, 1.54) is 5.56 Å². The lowest BCUT2D eigenvalue weighted by molar-refractivity contribution is -0.133. The first-order chi connectivity index (χ1) is 10.5. The number of fused-ring (bicyclic) bond motifs is 1. The number of aliphatic hydroxyl groups is 1. The molecular formula is C17H23ClN2O2. The Morgan fingerprint density at radius 3 is 2.73 bits per heavy atom. The lowest BCUT2D eigenvalue weighted by Crippen LogP contribution is -2.50. The van der Waals surface area contributed by atoms with Crippen LogP contribution in [0.5, 0.6) is 0 Å². The summed E-state index contributed by atoms with van der Waals surface area (Å²) < 4.78 is 0. The summed E-state index contributed by atoms with van der Waals surface area (Å²) in [5, 5.41) is 10.7. The largest absolute Gasteiger partial charge is 0.396 e. The molecule has 0 saturated carbocycles. The summed E-state index contributed by atoms with van der Waals surface area (Å²) in [7, 11) is 0. The standard InChI is InChI=1S/C17H23ClN2O2/c1-13(22)20-7-6-17(12-21)11-19(9-15(17)10-20)8-14-2-4-16(18)5-3-14/h2-5,15,21H,6-12H2,1H3/t15-,17-/m0/s1. The zero-order valence-electron chi connectivity index (χ0n) is 13.0. The number of hydrogen-bond donors (Lipinski definition) is 1. The molecule has 0 aromatic heterocycles. The van der Waals surface area contributed by atoms with Crippen LogP contribution in [0.1, 0.15) is 18.9 Å². The van der Waals surface area contributed by atoms with Gasteiger partial charge in [0.05, 0.1) is 6.61 Å². The number of carbonyl (C=O) groups is 1. The van der Waals surface area contributed by atoms with Crippen molar-refractivity contribution in [2.24, 2.45) is 11.3 Å². The van der Waals surface area contributed by atoms with Crippen LogP contribution >= 0.6 is 11.6 Å². The predicted octanol–water partition coefficient (Wildman–Crippen LogP) is 2.00. The second-order valence-corrected chi connectivity index (χ2v) is 7.16. The van der Waals surface area contributed by atoms with E-state index in [1.54, 1.807) is 6.92 Å². The van der Waals surface area contributed by atoms with E-state index in [4.69, 9.17) is 11.6 Å². The number of piperidine rings is 1. The first-order valence-corrected chi connectivity index (χ1v) is 8.23. The van der Waals surface area contributed by atoms with Gasteiger partial charge in [-0.2, -0.15) is 0 Å². The third-order valence-corrected chi connectivity index (χ3v) is 5.54. The first kappa shape index (κ1) is 15.8. The normalized spacial score (nSPS) is 28.7. The number of amides is 1. The molecule has 2 aliphatic heterocycles. The van der Waals surface area contributed by atoms with E-state index < -0.39 is 0 Å². The van der Waals surface area contributed by atoms with Crippen molar-refractivity contribution in [1.82, 2.24) is 9.80 Å². The molecule has 2 saturated heterocycles. The monoisotopic (exact) mass is 322 g/mol. The van der Waals surface area contributed by atoms with Crippen molar-refractivity contribution in [3.8, 4) is 0 Å². The smallest absolute Gasteiger partial charge is 0.219 e. The highest BCUT2D eigenvalue weighted by Crippen LogP contribution is 2.42. The molecule has 3 rings (SSSR count). The minimum Gasteiger partial charge on any atom is -0.396 e. The van der Waals surface area contributed by atoms with Gasteiger partial charge in [0.25, 0.3) is 0 Å². The highest BCUT2D eigenvalue weighted by molar-refractivity contribution is 6.30. The molecule has 5 heteroatoms. The van der Waals surface area contributed by atoms with Gasteiger partial charge in [-0.3, -0.25) is 9.69 Å². The van der Waals surface area contributed by atoms with Crippen LogP contribution in [-0.4, -0.2) is 53.6 Å². The number of halogens is 1. The van der Waals surface area contributed by atoms with Crippen LogP contribution < -0.4 is 0 Å². The molecule has 1 N–H and O–H groups in total. The van der Waals surface area contributed by atoms with E-state index in [0.29, 0.717) is 5.92 Å². The van der Waals surface area contributed by atoms with Gasteiger partial charge in [0.1, 0.15) is 0 Å². The summed E-state index contributed by atoms with van der Waals surface area (Å²) in [6.45, 7) is 6.09. The van der Waals surface area contributed by atoms with Crippen LogP contribution in [0, 0.1) is 11.3 Å². The highest BCUT2D eigenvalue weighted by atomic mass is 35.5. The third-order valence-electron chi connectivity index (χ3n) is 5.28. The minimum absolute atomic E-state index is 0.0433. The molecule has 120 valence electrons. The van der Waals surface area contributed by atoms with Gasteiger partial charge in [-0.25, -0.2) is 0 Å². The molecule has 0 radical (unpaired) electrons. The summed E-state index contributed by atoms with van der Waals surface area (Å²) >= 11 is 5.93. The van der Waals surface area contributed by atoms with Crippen LogP contribution in [0.3, 0.4) is 0 Å². The zero-order chi connectivity index (χ0) is 15.7. The van der Waals surface area contributed by atoms with Crippen molar-refractivity contribution in [3.05, 3.63) is 34.9 Å². The van der Waals surface area contributed by atoms with Crippen LogP contribution in [0.25, 0.3) is 0 Å². The molecule has 1 aromatic rings. The molecule has 0 unspecified atom stereocenters. The van der Waals surface area contributed by atoms with Gasteiger partial charge < -0.3 is 10.0 Å². The molecule has 2 aliphatic rings. The van der Waals surface area contributed by atoms with E-state index in [9.17, 15) is 9.90 Å². The molecule has 4 nitrogen and oxygen atoms in total. The zero-order valence-corrected chi connectivity index (χ0v) is 13.7. The second kappa shape index (κ2) is 6.19. The molecule has 2 atom stereocenters. The number of aliphatic hydroxyl groups excluding tert-OH is 1. The maximum Gasteiger partial charge on any atom is 0.219 e. The Balaban J connectivity index is 1.70. The van der Waals surface area contributed by atoms with E-state index in [1.807, 2.05) is 17.0 Å². The topological polar surface area (TPSA) is 43.8 Å². The van der Waals surface area contributed by atoms with Gasteiger partial charge in [0.15, 0.2) is 0 Å². The SMILES string of the molecule is CC(=O)N1CC[C@@]2(CO)CN(Cc3ccc(Cl)cc3)C[C@H]2C1. The summed E-state index contributed by atoms with van der Waals surface area (Å²) in [4.78, 5) is 15.9. The fourth-order valence-electron chi connectivity index (χ4n) is 3.91. The summed E-state index contributed by atoms with van der Waals surface area (Å²) in [5.74, 6) is 0.505. The Morgan fingerprint density at radius 2 is 2.09 bits per heavy atom. The Labute approximate surface area is 136 Å². The van der Waals surface area contributed by atoms with Gasteiger partial charge in [-0.15, -0.1) is 0 Å². The van der Waals surface area contributed by atoms with Gasteiger partial charge in [-0.05, 0) is 30.0 Å². The quantitative estimate of drug-likeness (QED) is 0.925. The number of nitrogens with zero attached hydrogens (tertiary/aromatic N) is 2. The number of carbonyl (C=O) groups excluding carboxylic acids is 1. The van der Waals surface area contributed by atoms with Crippen LogP contribution in [-0.2, 0) is 11.3 Å². The number of rotatable bonds is 3. The fraction of sp³-hybridized carbons (Fsp3) is 0.588. The Hall–Kier alpha value is -1.10. The molecule has 0 spiro atoms. The Kier molecular flexibility index (Phi) is 4.44. The van der Waals surface area contributed by atoms with E-state index in [0.717, 1.165) is 44.2 Å². The maximum atomic E-state index is 11.6. The van der Waals surface area contributed by atoms with Crippen molar-refractivity contribution in [3.63, 3.8) is 0 Å². The van der Waals surface area contributed by atoms with Gasteiger partial charge in [0, 0.05) is 50.1 Å². The molecule has 2 heterocycles. The highest BCUT2D eigenvalue weighted by Gasteiger charge is 2.49. The molecule has 1 amide bonds. The van der Waals surface area contributed by atoms with Crippen molar-refractivity contribution in [2.75, 3.05) is 32.8 Å². The lowest BCUT2D eigenvalue weighted by atomic mass is 9.73. The maximum absolute atomic E-state index is 11.6. The molecule has 1 aromatic carbocycles. The predicted molar refractivity (Wildman–Crippen MR) is 86.6 cm³/mol. The van der Waals surface area contributed by atoms with Crippen LogP contribution in [0.2, 0.25) is 5.02 Å². The summed E-state index contributed by atoms with van der Waals surface area (Å²) in [6.07, 6.45) is 0.894. The van der Waals surface area contributed by atoms with Crippen LogP contribution in [0.15, 0.2) is 24.3 Å². The second-order valence-electron chi connectivity index (χ2n) is 6.73. The number of hydrogen-bond acceptors (Lipinski definition) is 3. The Bertz CT molecular complexity index is 548. The van der Waals surface area contributed by atoms with E-state index in [-0.39, 0.29) is 17.9 Å². The van der Waals surface area contributed by atoms with E-state index in [2.05, 4.69) is 17.0 Å². The molecule has 2 fully saturated rings. The Morgan fingerprint density at radius 1 is 1.36 bits per heavy atom. The average molecular weight is 323 g/mol. The molecule has 22 heavy (non-hydrogen) atoms. The van der Waals surface area contributed by atoms with Crippen molar-refractivity contribution in [2.45, 2.75) is 19.9 Å².